The standard InChI is InChI=1S/C7H11ClN2S2/c1-5(10(2)3)7-9-4-6(11-7)12-8/h4-5H,1-3H3. The minimum atomic E-state index is 0.368. The van der Waals surface area contributed by atoms with Crippen molar-refractivity contribution < 1.29 is 0 Å². The summed E-state index contributed by atoms with van der Waals surface area (Å²) in [6, 6.07) is 0.368. The highest BCUT2D eigenvalue weighted by atomic mass is 35.7. The number of rotatable bonds is 3. The fraction of sp³-hybridized carbons (Fsp3) is 0.571. The first kappa shape index (κ1) is 10.3. The van der Waals surface area contributed by atoms with Crippen molar-refractivity contribution in [2.45, 2.75) is 17.2 Å². The van der Waals surface area contributed by atoms with Crippen molar-refractivity contribution in [3.05, 3.63) is 11.2 Å². The molecule has 0 aliphatic carbocycles. The van der Waals surface area contributed by atoms with Crippen LogP contribution in [0.1, 0.15) is 18.0 Å². The predicted molar refractivity (Wildman–Crippen MR) is 55.9 cm³/mol. The van der Waals surface area contributed by atoms with Crippen LogP contribution in [-0.2, 0) is 0 Å². The van der Waals surface area contributed by atoms with Gasteiger partial charge < -0.3 is 4.90 Å². The Balaban J connectivity index is 2.74. The van der Waals surface area contributed by atoms with Gasteiger partial charge >= 0.3 is 0 Å². The van der Waals surface area contributed by atoms with Crippen LogP contribution >= 0.6 is 33.0 Å². The van der Waals surface area contributed by atoms with Crippen molar-refractivity contribution >= 4 is 33.0 Å². The zero-order chi connectivity index (χ0) is 9.14. The fourth-order valence-corrected chi connectivity index (χ4v) is 2.40. The average Bonchev–Trinajstić information content (AvgIpc) is 2.50. The molecule has 0 bridgehead atoms. The van der Waals surface area contributed by atoms with E-state index in [4.69, 9.17) is 10.7 Å². The molecule has 1 aromatic heterocycles. The largest absolute Gasteiger partial charge is 0.300 e. The monoisotopic (exact) mass is 222 g/mol. The summed E-state index contributed by atoms with van der Waals surface area (Å²) in [5, 5.41) is 1.11. The van der Waals surface area contributed by atoms with Gasteiger partial charge in [-0.2, -0.15) is 0 Å². The van der Waals surface area contributed by atoms with Gasteiger partial charge in [0.05, 0.1) is 16.4 Å². The molecule has 0 aliphatic rings. The lowest BCUT2D eigenvalue weighted by Gasteiger charge is -2.16. The van der Waals surface area contributed by atoms with E-state index in [1.54, 1.807) is 11.3 Å². The molecule has 0 aliphatic heterocycles. The van der Waals surface area contributed by atoms with Crippen LogP contribution in [-0.4, -0.2) is 24.0 Å². The van der Waals surface area contributed by atoms with Crippen LogP contribution < -0.4 is 0 Å². The summed E-state index contributed by atoms with van der Waals surface area (Å²) >= 11 is 1.65. The van der Waals surface area contributed by atoms with Crippen molar-refractivity contribution in [3.8, 4) is 0 Å². The minimum Gasteiger partial charge on any atom is -0.300 e. The summed E-state index contributed by atoms with van der Waals surface area (Å²) in [5.41, 5.74) is 0. The molecule has 0 N–H and O–H groups in total. The van der Waals surface area contributed by atoms with E-state index in [1.165, 1.54) is 11.0 Å². The van der Waals surface area contributed by atoms with E-state index in [-0.39, 0.29) is 0 Å². The van der Waals surface area contributed by atoms with Crippen molar-refractivity contribution in [3.63, 3.8) is 0 Å². The highest BCUT2D eigenvalue weighted by molar-refractivity contribution is 8.22. The first-order valence-corrected chi connectivity index (χ1v) is 6.01. The Morgan fingerprint density at radius 2 is 2.33 bits per heavy atom. The van der Waals surface area contributed by atoms with E-state index in [0.29, 0.717) is 6.04 Å². The van der Waals surface area contributed by atoms with Crippen molar-refractivity contribution in [1.82, 2.24) is 9.88 Å². The van der Waals surface area contributed by atoms with Crippen molar-refractivity contribution in [2.24, 2.45) is 0 Å². The van der Waals surface area contributed by atoms with Gasteiger partial charge in [-0.15, -0.1) is 11.3 Å². The van der Waals surface area contributed by atoms with Gasteiger partial charge in [-0.05, 0) is 42.7 Å². The highest BCUT2D eigenvalue weighted by Gasteiger charge is 2.11. The molecule has 68 valence electrons. The Labute approximate surface area is 85.4 Å². The minimum absolute atomic E-state index is 0.368. The predicted octanol–water partition coefficient (Wildman–Crippen LogP) is 3.01. The lowest BCUT2D eigenvalue weighted by atomic mass is 10.3. The maximum absolute atomic E-state index is 5.60. The van der Waals surface area contributed by atoms with E-state index in [0.717, 1.165) is 9.22 Å². The molecule has 0 fully saturated rings. The Hall–Kier alpha value is 0.230. The first-order chi connectivity index (χ1) is 5.65. The van der Waals surface area contributed by atoms with Crippen LogP contribution in [0.15, 0.2) is 10.4 Å². The van der Waals surface area contributed by atoms with E-state index < -0.39 is 0 Å². The Kier molecular flexibility index (Phi) is 3.83. The Morgan fingerprint density at radius 3 is 2.75 bits per heavy atom. The van der Waals surface area contributed by atoms with Crippen LogP contribution in [0.3, 0.4) is 0 Å². The maximum atomic E-state index is 5.60. The van der Waals surface area contributed by atoms with Crippen molar-refractivity contribution in [1.29, 1.82) is 0 Å². The molecular formula is C7H11ClN2S2. The van der Waals surface area contributed by atoms with Crippen LogP contribution in [0.25, 0.3) is 0 Å². The average molecular weight is 223 g/mol. The SMILES string of the molecule is CC(c1ncc(SCl)s1)N(C)C. The van der Waals surface area contributed by atoms with E-state index in [9.17, 15) is 0 Å². The maximum Gasteiger partial charge on any atom is 0.111 e. The second kappa shape index (κ2) is 4.46. The third-order valence-electron chi connectivity index (χ3n) is 1.71. The normalized spacial score (nSPS) is 13.8. The quantitative estimate of drug-likeness (QED) is 0.782. The molecular weight excluding hydrogens is 212 g/mol. The second-order valence-corrected chi connectivity index (χ2v) is 5.11. The Bertz CT molecular complexity index is 249. The molecule has 1 heterocycles. The van der Waals surface area contributed by atoms with Gasteiger partial charge in [0.1, 0.15) is 5.01 Å². The number of aromatic nitrogens is 1. The lowest BCUT2D eigenvalue weighted by molar-refractivity contribution is 0.320. The van der Waals surface area contributed by atoms with Crippen molar-refractivity contribution in [2.75, 3.05) is 14.1 Å². The van der Waals surface area contributed by atoms with Gasteiger partial charge in [0.2, 0.25) is 0 Å². The highest BCUT2D eigenvalue weighted by Crippen LogP contribution is 2.31. The van der Waals surface area contributed by atoms with E-state index in [1.807, 2.05) is 20.3 Å². The summed E-state index contributed by atoms with van der Waals surface area (Å²) in [4.78, 5) is 6.41. The zero-order valence-corrected chi connectivity index (χ0v) is 9.63. The molecule has 0 amide bonds. The number of hydrogen-bond donors (Lipinski definition) is 0. The smallest absolute Gasteiger partial charge is 0.111 e. The van der Waals surface area contributed by atoms with Gasteiger partial charge in [-0.25, -0.2) is 4.98 Å². The molecule has 1 atom stereocenters. The van der Waals surface area contributed by atoms with Gasteiger partial charge in [-0.1, -0.05) is 0 Å². The van der Waals surface area contributed by atoms with Crippen LogP contribution in [0.2, 0.25) is 0 Å². The molecule has 1 aromatic rings. The fourth-order valence-electron chi connectivity index (χ4n) is 0.722. The molecule has 0 saturated heterocycles. The summed E-state index contributed by atoms with van der Waals surface area (Å²) in [7, 11) is 10.9. The molecule has 0 saturated carbocycles. The summed E-state index contributed by atoms with van der Waals surface area (Å²) in [5.74, 6) is 0. The molecule has 0 spiro atoms. The van der Waals surface area contributed by atoms with Gasteiger partial charge in [-0.3, -0.25) is 0 Å². The molecule has 5 heteroatoms. The number of thiazole rings is 1. The van der Waals surface area contributed by atoms with Crippen LogP contribution in [0.4, 0.5) is 0 Å². The Morgan fingerprint density at radius 1 is 1.67 bits per heavy atom. The summed E-state index contributed by atoms with van der Waals surface area (Å²) in [6.45, 7) is 2.13. The molecule has 0 aromatic carbocycles. The zero-order valence-electron chi connectivity index (χ0n) is 7.24. The molecule has 0 radical (unpaired) electrons. The third-order valence-corrected chi connectivity index (χ3v) is 4.20. The van der Waals surface area contributed by atoms with Gasteiger partial charge in [0.15, 0.2) is 0 Å². The number of halogens is 1. The second-order valence-electron chi connectivity index (χ2n) is 2.73. The number of nitrogens with zero attached hydrogens (tertiary/aromatic N) is 2. The summed E-state index contributed by atoms with van der Waals surface area (Å²) < 4.78 is 1.06. The topological polar surface area (TPSA) is 16.1 Å². The van der Waals surface area contributed by atoms with Crippen LogP contribution in [0.5, 0.6) is 0 Å². The van der Waals surface area contributed by atoms with Gasteiger partial charge in [0, 0.05) is 0 Å². The van der Waals surface area contributed by atoms with E-state index in [2.05, 4.69) is 16.8 Å². The first-order valence-electron chi connectivity index (χ1n) is 3.56. The molecule has 2 nitrogen and oxygen atoms in total. The molecule has 1 unspecified atom stereocenters. The third kappa shape index (κ3) is 2.36. The molecule has 1 rings (SSSR count). The van der Waals surface area contributed by atoms with Crippen LogP contribution in [0, 0.1) is 0 Å². The van der Waals surface area contributed by atoms with E-state index >= 15 is 0 Å². The summed E-state index contributed by atoms with van der Waals surface area (Å²) in [6.07, 6.45) is 1.82. The lowest BCUT2D eigenvalue weighted by Crippen LogP contribution is -2.16. The van der Waals surface area contributed by atoms with Gasteiger partial charge in [0.25, 0.3) is 0 Å². The number of hydrogen-bond acceptors (Lipinski definition) is 4. The molecule has 12 heavy (non-hydrogen) atoms.